The fourth-order valence-electron chi connectivity index (χ4n) is 3.03. The van der Waals surface area contributed by atoms with Crippen molar-refractivity contribution in [2.75, 3.05) is 13.2 Å². The van der Waals surface area contributed by atoms with Crippen LogP contribution in [0.15, 0.2) is 59.4 Å². The third-order valence-corrected chi connectivity index (χ3v) is 4.59. The topological polar surface area (TPSA) is 116 Å². The molecule has 2 aromatic carbocycles. The number of nitro benzene ring substituents is 1. The van der Waals surface area contributed by atoms with E-state index in [-0.39, 0.29) is 30.2 Å². The lowest BCUT2D eigenvalue weighted by molar-refractivity contribution is -0.385. The number of benzene rings is 2. The number of aryl methyl sites for hydroxylation is 1. The predicted molar refractivity (Wildman–Crippen MR) is 115 cm³/mol. The Morgan fingerprint density at radius 3 is 2.55 bits per heavy atom. The first-order valence-corrected chi connectivity index (χ1v) is 9.73. The molecule has 0 saturated heterocycles. The SMILES string of the molecule is CCOc1ccc(-c2ccc(=O)n(CCNC(=O)c3ccc([N+](=O)[O-])c(C)c3)n2)cc1. The first kappa shape index (κ1) is 21.7. The summed E-state index contributed by atoms with van der Waals surface area (Å²) in [6.07, 6.45) is 0. The smallest absolute Gasteiger partial charge is 0.272 e. The van der Waals surface area contributed by atoms with Gasteiger partial charge < -0.3 is 10.1 Å². The van der Waals surface area contributed by atoms with Gasteiger partial charge >= 0.3 is 0 Å². The maximum Gasteiger partial charge on any atom is 0.272 e. The Balaban J connectivity index is 1.66. The third kappa shape index (κ3) is 5.33. The molecule has 3 aromatic rings. The van der Waals surface area contributed by atoms with Crippen molar-refractivity contribution in [3.05, 3.63) is 86.2 Å². The average molecular weight is 422 g/mol. The standard InChI is InChI=1S/C22H22N4O5/c1-3-31-18-7-4-16(5-8-18)19-9-11-21(27)25(24-19)13-12-23-22(28)17-6-10-20(26(29)30)15(2)14-17/h4-11,14H,3,12-13H2,1-2H3,(H,23,28). The molecular weight excluding hydrogens is 400 g/mol. The zero-order valence-electron chi connectivity index (χ0n) is 17.2. The van der Waals surface area contributed by atoms with Crippen LogP contribution in [-0.2, 0) is 6.54 Å². The largest absolute Gasteiger partial charge is 0.494 e. The van der Waals surface area contributed by atoms with Gasteiger partial charge in [-0.25, -0.2) is 4.68 Å². The van der Waals surface area contributed by atoms with Crippen LogP contribution in [0.3, 0.4) is 0 Å². The average Bonchev–Trinajstić information content (AvgIpc) is 2.75. The second-order valence-corrected chi connectivity index (χ2v) is 6.75. The van der Waals surface area contributed by atoms with Crippen LogP contribution in [0.1, 0.15) is 22.8 Å². The number of hydrogen-bond donors (Lipinski definition) is 1. The van der Waals surface area contributed by atoms with Crippen LogP contribution in [0.4, 0.5) is 5.69 Å². The first-order chi connectivity index (χ1) is 14.9. The molecule has 160 valence electrons. The van der Waals surface area contributed by atoms with Crippen LogP contribution in [0.2, 0.25) is 0 Å². The first-order valence-electron chi connectivity index (χ1n) is 9.73. The van der Waals surface area contributed by atoms with E-state index in [1.54, 1.807) is 13.0 Å². The molecule has 9 nitrogen and oxygen atoms in total. The number of carbonyl (C=O) groups excluding carboxylic acids is 1. The second-order valence-electron chi connectivity index (χ2n) is 6.75. The van der Waals surface area contributed by atoms with Crippen molar-refractivity contribution in [3.8, 4) is 17.0 Å². The van der Waals surface area contributed by atoms with Gasteiger partial charge in [-0.3, -0.25) is 19.7 Å². The molecule has 0 saturated carbocycles. The predicted octanol–water partition coefficient (Wildman–Crippen LogP) is 2.96. The van der Waals surface area contributed by atoms with Gasteiger partial charge in [-0.05, 0) is 56.3 Å². The van der Waals surface area contributed by atoms with Crippen LogP contribution < -0.4 is 15.6 Å². The van der Waals surface area contributed by atoms with E-state index < -0.39 is 4.92 Å². The maximum atomic E-state index is 12.3. The Hall–Kier alpha value is -4.01. The summed E-state index contributed by atoms with van der Waals surface area (Å²) < 4.78 is 6.71. The van der Waals surface area contributed by atoms with E-state index in [1.807, 2.05) is 31.2 Å². The minimum absolute atomic E-state index is 0.0431. The van der Waals surface area contributed by atoms with E-state index in [1.165, 1.54) is 28.9 Å². The number of amides is 1. The minimum Gasteiger partial charge on any atom is -0.494 e. The van der Waals surface area contributed by atoms with Crippen molar-refractivity contribution in [1.82, 2.24) is 15.1 Å². The highest BCUT2D eigenvalue weighted by Gasteiger charge is 2.13. The van der Waals surface area contributed by atoms with Crippen LogP contribution in [0.5, 0.6) is 5.75 Å². The molecule has 0 bridgehead atoms. The van der Waals surface area contributed by atoms with Gasteiger partial charge in [0.05, 0.1) is 23.8 Å². The summed E-state index contributed by atoms with van der Waals surface area (Å²) in [7, 11) is 0. The van der Waals surface area contributed by atoms with Gasteiger partial charge in [-0.2, -0.15) is 5.10 Å². The van der Waals surface area contributed by atoms with Gasteiger partial charge in [0.2, 0.25) is 0 Å². The van der Waals surface area contributed by atoms with Gasteiger partial charge in [0.25, 0.3) is 17.2 Å². The summed E-state index contributed by atoms with van der Waals surface area (Å²) in [5, 5.41) is 18.0. The van der Waals surface area contributed by atoms with Crippen LogP contribution in [-0.4, -0.2) is 33.8 Å². The Labute approximate surface area is 178 Å². The lowest BCUT2D eigenvalue weighted by Gasteiger charge is -2.09. The zero-order valence-corrected chi connectivity index (χ0v) is 17.2. The second kappa shape index (κ2) is 9.66. The van der Waals surface area contributed by atoms with Crippen LogP contribution >= 0.6 is 0 Å². The number of hydrogen-bond acceptors (Lipinski definition) is 6. The highest BCUT2D eigenvalue weighted by Crippen LogP contribution is 2.20. The molecule has 0 radical (unpaired) electrons. The van der Waals surface area contributed by atoms with Gasteiger partial charge in [0.1, 0.15) is 5.75 Å². The van der Waals surface area contributed by atoms with E-state index >= 15 is 0 Å². The molecule has 0 fully saturated rings. The van der Waals surface area contributed by atoms with Crippen LogP contribution in [0.25, 0.3) is 11.3 Å². The van der Waals surface area contributed by atoms with Gasteiger partial charge in [-0.15, -0.1) is 0 Å². The van der Waals surface area contributed by atoms with E-state index in [0.29, 0.717) is 23.4 Å². The van der Waals surface area contributed by atoms with Crippen molar-refractivity contribution in [1.29, 1.82) is 0 Å². The molecule has 1 aromatic heterocycles. The molecule has 9 heteroatoms. The van der Waals surface area contributed by atoms with Crippen molar-refractivity contribution < 1.29 is 14.5 Å². The van der Waals surface area contributed by atoms with Gasteiger partial charge in [0.15, 0.2) is 0 Å². The van der Waals surface area contributed by atoms with Crippen molar-refractivity contribution in [2.45, 2.75) is 20.4 Å². The molecule has 0 atom stereocenters. The number of ether oxygens (including phenoxy) is 1. The number of carbonyl (C=O) groups is 1. The number of nitro groups is 1. The Kier molecular flexibility index (Phi) is 6.76. The van der Waals surface area contributed by atoms with Gasteiger partial charge in [-0.1, -0.05) is 0 Å². The summed E-state index contributed by atoms with van der Waals surface area (Å²) in [6.45, 7) is 4.42. The maximum absolute atomic E-state index is 12.3. The van der Waals surface area contributed by atoms with E-state index in [4.69, 9.17) is 4.74 Å². The highest BCUT2D eigenvalue weighted by atomic mass is 16.6. The molecule has 1 amide bonds. The lowest BCUT2D eigenvalue weighted by Crippen LogP contribution is -2.32. The summed E-state index contributed by atoms with van der Waals surface area (Å²) in [5.74, 6) is 0.373. The Bertz CT molecular complexity index is 1160. The third-order valence-electron chi connectivity index (χ3n) is 4.59. The van der Waals surface area contributed by atoms with E-state index in [2.05, 4.69) is 10.4 Å². The normalized spacial score (nSPS) is 10.5. The quantitative estimate of drug-likeness (QED) is 0.441. The summed E-state index contributed by atoms with van der Waals surface area (Å²) in [4.78, 5) is 34.9. The Morgan fingerprint density at radius 2 is 1.90 bits per heavy atom. The molecule has 0 unspecified atom stereocenters. The number of nitrogens with zero attached hydrogens (tertiary/aromatic N) is 3. The molecule has 0 aliphatic heterocycles. The van der Waals surface area contributed by atoms with Crippen LogP contribution in [0, 0.1) is 17.0 Å². The van der Waals surface area contributed by atoms with E-state index in [9.17, 15) is 19.7 Å². The van der Waals surface area contributed by atoms with Crippen molar-refractivity contribution >= 4 is 11.6 Å². The molecule has 1 N–H and O–H groups in total. The highest BCUT2D eigenvalue weighted by molar-refractivity contribution is 5.94. The Morgan fingerprint density at radius 1 is 1.16 bits per heavy atom. The summed E-state index contributed by atoms with van der Waals surface area (Å²) in [5.41, 5.74) is 1.85. The molecule has 31 heavy (non-hydrogen) atoms. The number of rotatable bonds is 8. The number of nitrogens with one attached hydrogen (secondary N) is 1. The van der Waals surface area contributed by atoms with E-state index in [0.717, 1.165) is 11.3 Å². The van der Waals surface area contributed by atoms with Gasteiger partial charge in [0, 0.05) is 35.4 Å². The lowest BCUT2D eigenvalue weighted by atomic mass is 10.1. The molecule has 0 spiro atoms. The molecular formula is C22H22N4O5. The fraction of sp³-hybridized carbons (Fsp3) is 0.227. The van der Waals surface area contributed by atoms with Crippen molar-refractivity contribution in [3.63, 3.8) is 0 Å². The fourth-order valence-corrected chi connectivity index (χ4v) is 3.03. The zero-order chi connectivity index (χ0) is 22.4. The summed E-state index contributed by atoms with van der Waals surface area (Å²) in [6, 6.07) is 14.6. The number of aromatic nitrogens is 2. The monoisotopic (exact) mass is 422 g/mol. The van der Waals surface area contributed by atoms with Crippen molar-refractivity contribution in [2.24, 2.45) is 0 Å². The molecule has 1 heterocycles. The minimum atomic E-state index is -0.494. The molecule has 0 aliphatic rings. The molecule has 0 aliphatic carbocycles. The molecule has 3 rings (SSSR count). The summed E-state index contributed by atoms with van der Waals surface area (Å²) >= 11 is 0.